The molecule has 44 heavy (non-hydrogen) atoms. The van der Waals surface area contributed by atoms with Crippen LogP contribution in [0.4, 0.5) is 0 Å². The molecule has 10 nitrogen and oxygen atoms in total. The van der Waals surface area contributed by atoms with Gasteiger partial charge in [-0.2, -0.15) is 0 Å². The number of rotatable bonds is 11. The molecule has 1 N–H and O–H groups in total. The Labute approximate surface area is 257 Å². The first kappa shape index (κ1) is 32.4. The molecule has 0 saturated heterocycles. The highest BCUT2D eigenvalue weighted by Crippen LogP contribution is 2.64. The van der Waals surface area contributed by atoms with Crippen molar-refractivity contribution < 1.29 is 42.9 Å². The van der Waals surface area contributed by atoms with Crippen LogP contribution in [0.15, 0.2) is 72.3 Å². The van der Waals surface area contributed by atoms with Crippen molar-refractivity contribution in [3.05, 3.63) is 83.4 Å². The Morgan fingerprint density at radius 1 is 0.614 bits per heavy atom. The van der Waals surface area contributed by atoms with E-state index in [4.69, 9.17) is 18.9 Å². The van der Waals surface area contributed by atoms with Gasteiger partial charge in [-0.05, 0) is 57.9 Å². The molecule has 1 fully saturated rings. The second-order valence-corrected chi connectivity index (χ2v) is 10.7. The molecule has 2 bridgehead atoms. The van der Waals surface area contributed by atoms with E-state index >= 15 is 0 Å². The minimum atomic E-state index is -1.93. The van der Waals surface area contributed by atoms with Crippen LogP contribution < -0.4 is 5.32 Å². The van der Waals surface area contributed by atoms with E-state index in [1.54, 1.807) is 101 Å². The molecule has 2 unspecified atom stereocenters. The summed E-state index contributed by atoms with van der Waals surface area (Å²) < 4.78 is 22.3. The van der Waals surface area contributed by atoms with Gasteiger partial charge < -0.3 is 24.3 Å². The third kappa shape index (κ3) is 5.27. The molecule has 10 heteroatoms. The number of carbonyl (C=O) groups excluding carboxylic acids is 5. The zero-order chi connectivity index (χ0) is 32.1. The molecule has 0 heterocycles. The maximum Gasteiger partial charge on any atom is 0.312 e. The molecule has 1 amide bonds. The van der Waals surface area contributed by atoms with Crippen LogP contribution in [-0.2, 0) is 43.5 Å². The molecule has 3 aliphatic rings. The highest BCUT2D eigenvalue weighted by Gasteiger charge is 2.77. The molecule has 0 aliphatic heterocycles. The fourth-order valence-electron chi connectivity index (χ4n) is 7.12. The second kappa shape index (κ2) is 13.4. The molecular weight excluding hydrogens is 566 g/mol. The van der Waals surface area contributed by atoms with Gasteiger partial charge in [-0.15, -0.1) is 0 Å². The summed E-state index contributed by atoms with van der Waals surface area (Å²) in [6.07, 6.45) is 1.71. The number of fused-ring (bicyclic) bond motifs is 2. The smallest absolute Gasteiger partial charge is 0.312 e. The number of esters is 4. The van der Waals surface area contributed by atoms with Crippen molar-refractivity contribution in [2.75, 3.05) is 26.4 Å². The van der Waals surface area contributed by atoms with Gasteiger partial charge in [0.25, 0.3) is 5.91 Å². The van der Waals surface area contributed by atoms with E-state index in [0.29, 0.717) is 11.1 Å². The number of allylic oxidation sites excluding steroid dienone is 1. The Hall–Kier alpha value is -4.47. The second-order valence-electron chi connectivity index (χ2n) is 10.7. The first-order valence-corrected chi connectivity index (χ1v) is 14.9. The van der Waals surface area contributed by atoms with Crippen LogP contribution in [-0.4, -0.2) is 61.8 Å². The van der Waals surface area contributed by atoms with Crippen molar-refractivity contribution >= 4 is 29.8 Å². The standard InChI is InChI=1S/C34H39NO9/c1-6-41-29(37)24-26(31(39)43-8-3)34(35-28(36)22-16-12-10-13-17-22)21(5)20-33(24,23-18-14-11-15-19-23)25(30(38)42-7-2)27(34)32(40)44-9-4/h10-20,24-27H,6-9H2,1-5H3,(H,35,36)/t24-,25+,26+,27-,33?,34?. The molecule has 2 aromatic rings. The van der Waals surface area contributed by atoms with Crippen molar-refractivity contribution in [3.8, 4) is 0 Å². The van der Waals surface area contributed by atoms with Gasteiger partial charge in [0, 0.05) is 11.0 Å². The highest BCUT2D eigenvalue weighted by molar-refractivity contribution is 6.00. The van der Waals surface area contributed by atoms with E-state index in [1.807, 2.05) is 0 Å². The lowest BCUT2D eigenvalue weighted by molar-refractivity contribution is -0.193. The Bertz CT molecular complexity index is 1370. The fourth-order valence-corrected chi connectivity index (χ4v) is 7.12. The summed E-state index contributed by atoms with van der Waals surface area (Å²) in [5.74, 6) is -9.62. The minimum absolute atomic E-state index is 0.0206. The van der Waals surface area contributed by atoms with Gasteiger partial charge in [-0.3, -0.25) is 24.0 Å². The number of nitrogens with one attached hydrogen (secondary N) is 1. The van der Waals surface area contributed by atoms with Crippen molar-refractivity contribution in [1.82, 2.24) is 5.32 Å². The van der Waals surface area contributed by atoms with Gasteiger partial charge in [0.1, 0.15) is 0 Å². The first-order valence-electron chi connectivity index (χ1n) is 14.9. The fraction of sp³-hybridized carbons (Fsp3) is 0.441. The van der Waals surface area contributed by atoms with E-state index in [1.165, 1.54) is 0 Å². The van der Waals surface area contributed by atoms with Crippen molar-refractivity contribution in [3.63, 3.8) is 0 Å². The maximum atomic E-state index is 14.2. The van der Waals surface area contributed by atoms with E-state index in [9.17, 15) is 24.0 Å². The van der Waals surface area contributed by atoms with E-state index < -0.39 is 64.4 Å². The SMILES string of the molecule is CCOC(=O)[C@@H]1[C@H](C(=O)OCC)C2(c3ccccc3)C=C(C)C1(NC(=O)c1ccccc1)[C@@H](C(=O)OCC)[C@H]2C(=O)OCC. The summed E-state index contributed by atoms with van der Waals surface area (Å²) in [4.78, 5) is 70.7. The summed E-state index contributed by atoms with van der Waals surface area (Å²) in [5, 5.41) is 2.96. The summed E-state index contributed by atoms with van der Waals surface area (Å²) in [6, 6.07) is 17.0. The normalized spacial score (nSPS) is 27.0. The van der Waals surface area contributed by atoms with Crippen LogP contribution in [0.1, 0.15) is 50.5 Å². The topological polar surface area (TPSA) is 134 Å². The molecule has 0 radical (unpaired) electrons. The number of hydrogen-bond donors (Lipinski definition) is 1. The lowest BCUT2D eigenvalue weighted by Crippen LogP contribution is -2.79. The predicted molar refractivity (Wildman–Crippen MR) is 159 cm³/mol. The molecular formula is C34H39NO9. The van der Waals surface area contributed by atoms with E-state index in [0.717, 1.165) is 0 Å². The predicted octanol–water partition coefficient (Wildman–Crippen LogP) is 3.78. The third-order valence-corrected chi connectivity index (χ3v) is 8.58. The summed E-state index contributed by atoms with van der Waals surface area (Å²) in [6.45, 7) is 8.04. The van der Waals surface area contributed by atoms with E-state index in [-0.39, 0.29) is 32.0 Å². The molecule has 0 spiro atoms. The molecule has 2 aromatic carbocycles. The van der Waals surface area contributed by atoms with Crippen LogP contribution in [0, 0.1) is 23.7 Å². The van der Waals surface area contributed by atoms with Gasteiger partial charge >= 0.3 is 23.9 Å². The minimum Gasteiger partial charge on any atom is -0.466 e. The van der Waals surface area contributed by atoms with Gasteiger partial charge in [0.15, 0.2) is 0 Å². The Balaban J connectivity index is 2.18. The summed E-state index contributed by atoms with van der Waals surface area (Å²) >= 11 is 0. The third-order valence-electron chi connectivity index (χ3n) is 8.58. The van der Waals surface area contributed by atoms with Gasteiger partial charge in [-0.1, -0.05) is 54.6 Å². The number of carbonyl (C=O) groups is 5. The molecule has 6 atom stereocenters. The lowest BCUT2D eigenvalue weighted by Gasteiger charge is -2.63. The molecule has 0 aromatic heterocycles. The molecule has 3 aliphatic carbocycles. The van der Waals surface area contributed by atoms with Crippen molar-refractivity contribution in [2.24, 2.45) is 23.7 Å². The number of amides is 1. The monoisotopic (exact) mass is 605 g/mol. The van der Waals surface area contributed by atoms with Crippen LogP contribution in [0.3, 0.4) is 0 Å². The highest BCUT2D eigenvalue weighted by atomic mass is 16.5. The van der Waals surface area contributed by atoms with Gasteiger partial charge in [0.05, 0.1) is 55.6 Å². The summed E-state index contributed by atoms with van der Waals surface area (Å²) in [7, 11) is 0. The summed E-state index contributed by atoms with van der Waals surface area (Å²) in [5.41, 5.74) is -2.43. The van der Waals surface area contributed by atoms with Crippen molar-refractivity contribution in [2.45, 2.75) is 45.6 Å². The number of benzene rings is 2. The van der Waals surface area contributed by atoms with Crippen molar-refractivity contribution in [1.29, 1.82) is 0 Å². The van der Waals surface area contributed by atoms with E-state index in [2.05, 4.69) is 5.32 Å². The Morgan fingerprint density at radius 3 is 1.41 bits per heavy atom. The zero-order valence-corrected chi connectivity index (χ0v) is 25.7. The molecule has 234 valence electrons. The molecule has 5 rings (SSSR count). The quantitative estimate of drug-likeness (QED) is 0.231. The lowest BCUT2D eigenvalue weighted by atomic mass is 9.39. The van der Waals surface area contributed by atoms with Crippen LogP contribution in [0.5, 0.6) is 0 Å². The number of ether oxygens (including phenoxy) is 4. The largest absolute Gasteiger partial charge is 0.466 e. The Kier molecular flexibility index (Phi) is 9.91. The van der Waals surface area contributed by atoms with Crippen LogP contribution in [0.2, 0.25) is 0 Å². The Morgan fingerprint density at radius 2 is 1.00 bits per heavy atom. The molecule has 1 saturated carbocycles. The van der Waals surface area contributed by atoms with Crippen LogP contribution >= 0.6 is 0 Å². The average molecular weight is 606 g/mol. The first-order chi connectivity index (χ1) is 21.1. The number of hydrogen-bond acceptors (Lipinski definition) is 9. The van der Waals surface area contributed by atoms with Gasteiger partial charge in [0.2, 0.25) is 0 Å². The van der Waals surface area contributed by atoms with Crippen LogP contribution in [0.25, 0.3) is 0 Å². The van der Waals surface area contributed by atoms with Gasteiger partial charge in [-0.25, -0.2) is 0 Å². The average Bonchev–Trinajstić information content (AvgIpc) is 3.01. The zero-order valence-electron chi connectivity index (χ0n) is 25.7. The maximum absolute atomic E-state index is 14.2.